The molecule has 3 nitrogen and oxygen atoms in total. The summed E-state index contributed by atoms with van der Waals surface area (Å²) in [4.78, 5) is 15.5. The van der Waals surface area contributed by atoms with E-state index in [1.54, 1.807) is 18.5 Å². The fourth-order valence-electron chi connectivity index (χ4n) is 1.23. The highest BCUT2D eigenvalue weighted by atomic mass is 16.1. The van der Waals surface area contributed by atoms with Crippen LogP contribution in [0, 0.1) is 0 Å². The minimum absolute atomic E-state index is 0.0311. The Morgan fingerprint density at radius 2 is 2.31 bits per heavy atom. The first-order chi connectivity index (χ1) is 7.74. The van der Waals surface area contributed by atoms with Gasteiger partial charge in [0.2, 0.25) is 5.91 Å². The molecule has 1 N–H and O–H groups in total. The number of nitrogens with one attached hydrogen (secondary N) is 1. The van der Waals surface area contributed by atoms with E-state index in [4.69, 9.17) is 0 Å². The second kappa shape index (κ2) is 6.56. The van der Waals surface area contributed by atoms with E-state index in [9.17, 15) is 4.79 Å². The van der Waals surface area contributed by atoms with Crippen LogP contribution in [-0.2, 0) is 4.79 Å². The van der Waals surface area contributed by atoms with Crippen LogP contribution in [0.15, 0.2) is 48.8 Å². The van der Waals surface area contributed by atoms with Crippen molar-refractivity contribution in [2.24, 2.45) is 0 Å². The first kappa shape index (κ1) is 12.2. The molecule has 3 heteroatoms. The van der Waals surface area contributed by atoms with Gasteiger partial charge in [-0.25, -0.2) is 0 Å². The first-order valence-corrected chi connectivity index (χ1v) is 5.24. The Labute approximate surface area is 95.9 Å². The van der Waals surface area contributed by atoms with Crippen molar-refractivity contribution < 1.29 is 4.79 Å². The zero-order valence-corrected chi connectivity index (χ0v) is 9.55. The van der Waals surface area contributed by atoms with Crippen molar-refractivity contribution in [2.45, 2.75) is 19.9 Å². The van der Waals surface area contributed by atoms with Crippen molar-refractivity contribution in [3.63, 3.8) is 0 Å². The maximum Gasteiger partial charge on any atom is 0.244 e. The topological polar surface area (TPSA) is 42.0 Å². The number of pyridine rings is 1. The summed E-state index contributed by atoms with van der Waals surface area (Å²) in [5.74, 6) is -0.102. The van der Waals surface area contributed by atoms with Gasteiger partial charge >= 0.3 is 0 Å². The number of carbonyl (C=O) groups excluding carboxylic acids is 1. The number of allylic oxidation sites excluding steroid dienone is 3. The summed E-state index contributed by atoms with van der Waals surface area (Å²) in [6.45, 7) is 3.83. The molecule has 1 amide bonds. The van der Waals surface area contributed by atoms with Crippen LogP contribution in [0.25, 0.3) is 0 Å². The predicted molar refractivity (Wildman–Crippen MR) is 64.7 cm³/mol. The van der Waals surface area contributed by atoms with Gasteiger partial charge in [0.15, 0.2) is 0 Å². The molecular weight excluding hydrogens is 200 g/mol. The molecule has 1 aromatic rings. The van der Waals surface area contributed by atoms with Gasteiger partial charge in [0.25, 0.3) is 0 Å². The number of nitrogens with zero attached hydrogens (tertiary/aromatic N) is 1. The van der Waals surface area contributed by atoms with E-state index in [0.717, 1.165) is 5.56 Å². The summed E-state index contributed by atoms with van der Waals surface area (Å²) in [7, 11) is 0. The number of hydrogen-bond acceptors (Lipinski definition) is 2. The Balaban J connectivity index is 2.52. The Bertz CT molecular complexity index is 382. The largest absolute Gasteiger partial charge is 0.346 e. The van der Waals surface area contributed by atoms with E-state index in [1.807, 2.05) is 38.1 Å². The quantitative estimate of drug-likeness (QED) is 0.620. The smallest absolute Gasteiger partial charge is 0.244 e. The standard InChI is InChI=1S/C13H16N2O/c1-3-4-5-8-13(16)15-11(2)12-7-6-9-14-10-12/h3-11H,1-2H3,(H,15,16)/b4-3+,8-5+. The summed E-state index contributed by atoms with van der Waals surface area (Å²) in [6, 6.07) is 3.76. The molecule has 1 atom stereocenters. The molecule has 0 fully saturated rings. The first-order valence-electron chi connectivity index (χ1n) is 5.24. The van der Waals surface area contributed by atoms with E-state index in [-0.39, 0.29) is 11.9 Å². The minimum Gasteiger partial charge on any atom is -0.346 e. The van der Waals surface area contributed by atoms with Gasteiger partial charge in [-0.3, -0.25) is 9.78 Å². The number of rotatable bonds is 4. The van der Waals surface area contributed by atoms with E-state index < -0.39 is 0 Å². The van der Waals surface area contributed by atoms with Crippen LogP contribution >= 0.6 is 0 Å². The molecule has 1 heterocycles. The number of carbonyl (C=O) groups is 1. The van der Waals surface area contributed by atoms with Crippen molar-refractivity contribution in [3.8, 4) is 0 Å². The molecule has 0 aliphatic carbocycles. The molecule has 1 aromatic heterocycles. The molecule has 0 bridgehead atoms. The second-order valence-electron chi connectivity index (χ2n) is 3.40. The third-order valence-electron chi connectivity index (χ3n) is 2.09. The summed E-state index contributed by atoms with van der Waals surface area (Å²) in [5, 5.41) is 2.86. The van der Waals surface area contributed by atoms with Crippen molar-refractivity contribution in [1.29, 1.82) is 0 Å². The minimum atomic E-state index is -0.102. The van der Waals surface area contributed by atoms with Gasteiger partial charge in [0.05, 0.1) is 6.04 Å². The molecule has 0 radical (unpaired) electrons. The molecule has 1 rings (SSSR count). The molecule has 16 heavy (non-hydrogen) atoms. The summed E-state index contributed by atoms with van der Waals surface area (Å²) < 4.78 is 0. The van der Waals surface area contributed by atoms with Crippen LogP contribution in [0.1, 0.15) is 25.5 Å². The Morgan fingerprint density at radius 3 is 2.94 bits per heavy atom. The van der Waals surface area contributed by atoms with Crippen molar-refractivity contribution in [1.82, 2.24) is 10.3 Å². The predicted octanol–water partition coefficient (Wildman–Crippen LogP) is 2.39. The summed E-state index contributed by atoms with van der Waals surface area (Å²) >= 11 is 0. The fourth-order valence-corrected chi connectivity index (χ4v) is 1.23. The molecular formula is C13H16N2O. The highest BCUT2D eigenvalue weighted by Gasteiger charge is 2.06. The summed E-state index contributed by atoms with van der Waals surface area (Å²) in [6.07, 6.45) is 10.4. The van der Waals surface area contributed by atoms with Crippen LogP contribution in [-0.4, -0.2) is 10.9 Å². The second-order valence-corrected chi connectivity index (χ2v) is 3.40. The lowest BCUT2D eigenvalue weighted by Gasteiger charge is -2.11. The monoisotopic (exact) mass is 216 g/mol. The van der Waals surface area contributed by atoms with Crippen LogP contribution < -0.4 is 5.32 Å². The van der Waals surface area contributed by atoms with E-state index in [1.165, 1.54) is 6.08 Å². The lowest BCUT2D eigenvalue weighted by Crippen LogP contribution is -2.24. The van der Waals surface area contributed by atoms with Gasteiger partial charge in [0, 0.05) is 18.5 Å². The Morgan fingerprint density at radius 1 is 1.50 bits per heavy atom. The number of hydrogen-bond donors (Lipinski definition) is 1. The van der Waals surface area contributed by atoms with Gasteiger partial charge in [-0.05, 0) is 25.5 Å². The lowest BCUT2D eigenvalue weighted by molar-refractivity contribution is -0.117. The third-order valence-corrected chi connectivity index (χ3v) is 2.09. The van der Waals surface area contributed by atoms with Crippen LogP contribution in [0.3, 0.4) is 0 Å². The molecule has 0 aliphatic heterocycles. The lowest BCUT2D eigenvalue weighted by atomic mass is 10.1. The highest BCUT2D eigenvalue weighted by Crippen LogP contribution is 2.09. The third kappa shape index (κ3) is 4.09. The molecule has 0 aromatic carbocycles. The molecule has 0 saturated heterocycles. The van der Waals surface area contributed by atoms with Gasteiger partial charge in [-0.2, -0.15) is 0 Å². The normalized spacial score (nSPS) is 13.1. The van der Waals surface area contributed by atoms with E-state index >= 15 is 0 Å². The Kier molecular flexibility index (Phi) is 4.99. The number of aromatic nitrogens is 1. The molecule has 1 unspecified atom stereocenters. The average molecular weight is 216 g/mol. The van der Waals surface area contributed by atoms with Gasteiger partial charge in [0.1, 0.15) is 0 Å². The number of amides is 1. The molecule has 0 spiro atoms. The SMILES string of the molecule is C/C=C/C=C/C(=O)NC(C)c1cccnc1. The van der Waals surface area contributed by atoms with Gasteiger partial charge in [-0.15, -0.1) is 0 Å². The van der Waals surface area contributed by atoms with Crippen molar-refractivity contribution in [3.05, 3.63) is 54.4 Å². The fraction of sp³-hybridized carbons (Fsp3) is 0.231. The highest BCUT2D eigenvalue weighted by molar-refractivity contribution is 5.88. The maximum absolute atomic E-state index is 11.4. The molecule has 0 saturated carbocycles. The van der Waals surface area contributed by atoms with E-state index in [2.05, 4.69) is 10.3 Å². The van der Waals surface area contributed by atoms with Crippen molar-refractivity contribution in [2.75, 3.05) is 0 Å². The summed E-state index contributed by atoms with van der Waals surface area (Å²) in [5.41, 5.74) is 0.996. The van der Waals surface area contributed by atoms with Gasteiger partial charge < -0.3 is 5.32 Å². The van der Waals surface area contributed by atoms with Crippen molar-refractivity contribution >= 4 is 5.91 Å². The molecule has 0 aliphatic rings. The Hall–Kier alpha value is -1.90. The van der Waals surface area contributed by atoms with Crippen LogP contribution in [0.5, 0.6) is 0 Å². The maximum atomic E-state index is 11.4. The zero-order chi connectivity index (χ0) is 11.8. The molecule has 84 valence electrons. The van der Waals surface area contributed by atoms with Crippen LogP contribution in [0.4, 0.5) is 0 Å². The average Bonchev–Trinajstić information content (AvgIpc) is 2.30. The zero-order valence-electron chi connectivity index (χ0n) is 9.55. The van der Waals surface area contributed by atoms with Gasteiger partial charge in [-0.1, -0.05) is 24.3 Å². The van der Waals surface area contributed by atoms with E-state index in [0.29, 0.717) is 0 Å². The van der Waals surface area contributed by atoms with Crippen LogP contribution in [0.2, 0.25) is 0 Å².